The zero-order chi connectivity index (χ0) is 22.7. The normalized spacial score (nSPS) is 14.9. The number of pyridine rings is 1. The van der Waals surface area contributed by atoms with E-state index in [9.17, 15) is 0 Å². The van der Waals surface area contributed by atoms with E-state index in [1.54, 1.807) is 0 Å². The Morgan fingerprint density at radius 1 is 0.543 bits per heavy atom. The smallest absolute Gasteiger partial charge is 0.0539 e. The van der Waals surface area contributed by atoms with Crippen molar-refractivity contribution in [2.75, 3.05) is 4.90 Å². The Morgan fingerprint density at radius 2 is 1.31 bits per heavy atom. The van der Waals surface area contributed by atoms with E-state index in [-0.39, 0.29) is 0 Å². The summed E-state index contributed by atoms with van der Waals surface area (Å²) < 4.78 is 0. The lowest BCUT2D eigenvalue weighted by Crippen LogP contribution is -2.25. The summed E-state index contributed by atoms with van der Waals surface area (Å²) in [5.41, 5.74) is 21.5. The quantitative estimate of drug-likeness (QED) is 0.240. The topological polar surface area (TPSA) is 16.1 Å². The van der Waals surface area contributed by atoms with Crippen LogP contribution in [-0.4, -0.2) is 4.98 Å². The molecule has 2 heteroatoms. The number of benzene rings is 4. The zero-order valence-electron chi connectivity index (χ0n) is 19.3. The average Bonchev–Trinajstić information content (AvgIpc) is 3.46. The summed E-state index contributed by atoms with van der Waals surface area (Å²) in [7, 11) is 0. The summed E-state index contributed by atoms with van der Waals surface area (Å²) in [5.74, 6) is 0. The number of para-hydroxylation sites is 1. The van der Waals surface area contributed by atoms with Gasteiger partial charge in [-0.3, -0.25) is 4.98 Å². The van der Waals surface area contributed by atoms with Crippen LogP contribution in [-0.2, 0) is 25.7 Å². The van der Waals surface area contributed by atoms with Gasteiger partial charge in [0, 0.05) is 30.9 Å². The van der Waals surface area contributed by atoms with Crippen LogP contribution < -0.4 is 4.90 Å². The third-order valence-electron chi connectivity index (χ3n) is 8.59. The number of anilines is 3. The van der Waals surface area contributed by atoms with E-state index in [0.29, 0.717) is 0 Å². The first-order chi connectivity index (χ1) is 17.3. The highest BCUT2D eigenvalue weighted by molar-refractivity contribution is 5.98. The SMILES string of the molecule is c1ccc2c(c1)Cc1ccc3c(c1-2)Cc1cc2c4c(c1-3)Cc1cnccc1N4c1ccccc1C2. The molecule has 0 saturated carbocycles. The van der Waals surface area contributed by atoms with Gasteiger partial charge in [0.25, 0.3) is 0 Å². The standard InChI is InChI=1S/C33H22N2/c1-3-7-25-19(5-1)13-21-9-10-26-27(31(21)25)16-22-15-23-14-20-6-2-4-8-29(20)35-30-11-12-34-18-24(30)17-28(32(22)26)33(23)35/h1-12,15,18H,13-14,16-17H2. The minimum Gasteiger partial charge on any atom is -0.309 e. The van der Waals surface area contributed by atoms with Crippen molar-refractivity contribution in [1.82, 2.24) is 4.98 Å². The number of hydrogen-bond acceptors (Lipinski definition) is 2. The van der Waals surface area contributed by atoms with Gasteiger partial charge in [0.15, 0.2) is 0 Å². The van der Waals surface area contributed by atoms with Gasteiger partial charge in [0.2, 0.25) is 0 Å². The maximum atomic E-state index is 4.52. The lowest BCUT2D eigenvalue weighted by Gasteiger charge is -2.40. The van der Waals surface area contributed by atoms with Crippen molar-refractivity contribution in [3.63, 3.8) is 0 Å². The van der Waals surface area contributed by atoms with Crippen molar-refractivity contribution < 1.29 is 0 Å². The fourth-order valence-corrected chi connectivity index (χ4v) is 7.25. The summed E-state index contributed by atoms with van der Waals surface area (Å²) in [6, 6.07) is 27.4. The van der Waals surface area contributed by atoms with Gasteiger partial charge < -0.3 is 4.90 Å². The highest BCUT2D eigenvalue weighted by Gasteiger charge is 2.37. The molecule has 9 rings (SSSR count). The van der Waals surface area contributed by atoms with Crippen molar-refractivity contribution >= 4 is 17.1 Å². The van der Waals surface area contributed by atoms with Gasteiger partial charge in [-0.25, -0.2) is 0 Å². The second-order valence-corrected chi connectivity index (χ2v) is 10.4. The molecule has 164 valence electrons. The number of hydrogen-bond donors (Lipinski definition) is 0. The lowest BCUT2D eigenvalue weighted by atomic mass is 9.82. The molecule has 0 radical (unpaired) electrons. The van der Waals surface area contributed by atoms with Crippen molar-refractivity contribution in [2.24, 2.45) is 0 Å². The number of rotatable bonds is 0. The predicted molar refractivity (Wildman–Crippen MR) is 141 cm³/mol. The molecule has 0 spiro atoms. The Hall–Kier alpha value is -4.17. The first kappa shape index (κ1) is 18.2. The molecular formula is C33H22N2. The summed E-state index contributed by atoms with van der Waals surface area (Å²) in [6.45, 7) is 0. The Balaban J connectivity index is 1.34. The predicted octanol–water partition coefficient (Wildman–Crippen LogP) is 7.50. The molecule has 3 heterocycles. The maximum Gasteiger partial charge on any atom is 0.0539 e. The minimum absolute atomic E-state index is 0.945. The average molecular weight is 447 g/mol. The largest absolute Gasteiger partial charge is 0.309 e. The Labute approximate surface area is 204 Å². The molecule has 2 nitrogen and oxygen atoms in total. The molecule has 0 bridgehead atoms. The highest BCUT2D eigenvalue weighted by Crippen LogP contribution is 2.56. The summed E-state index contributed by atoms with van der Waals surface area (Å²) in [4.78, 5) is 7.04. The molecule has 0 atom stereocenters. The molecule has 2 aliphatic carbocycles. The monoisotopic (exact) mass is 446 g/mol. The van der Waals surface area contributed by atoms with Gasteiger partial charge >= 0.3 is 0 Å². The third-order valence-corrected chi connectivity index (χ3v) is 8.59. The van der Waals surface area contributed by atoms with Crippen LogP contribution in [0.2, 0.25) is 0 Å². The van der Waals surface area contributed by atoms with Crippen LogP contribution in [0.3, 0.4) is 0 Å². The molecular weight excluding hydrogens is 424 g/mol. The van der Waals surface area contributed by atoms with Crippen molar-refractivity contribution in [2.45, 2.75) is 25.7 Å². The molecule has 2 aliphatic heterocycles. The minimum atomic E-state index is 0.945. The summed E-state index contributed by atoms with van der Waals surface area (Å²) in [5, 5.41) is 0. The van der Waals surface area contributed by atoms with Crippen LogP contribution in [0.15, 0.2) is 85.2 Å². The Kier molecular flexibility index (Phi) is 3.27. The molecule has 0 fully saturated rings. The van der Waals surface area contributed by atoms with Gasteiger partial charge in [0.1, 0.15) is 0 Å². The number of nitrogens with zero attached hydrogens (tertiary/aromatic N) is 2. The number of aromatic nitrogens is 1. The third kappa shape index (κ3) is 2.23. The number of fused-ring (bicyclic) bond motifs is 12. The Bertz CT molecular complexity index is 1750. The van der Waals surface area contributed by atoms with E-state index in [4.69, 9.17) is 0 Å². The molecule has 0 saturated heterocycles. The van der Waals surface area contributed by atoms with Crippen molar-refractivity contribution in [3.8, 4) is 22.3 Å². The van der Waals surface area contributed by atoms with E-state index in [1.165, 1.54) is 83.8 Å². The van der Waals surface area contributed by atoms with Crippen LogP contribution in [0.25, 0.3) is 22.3 Å². The molecule has 0 amide bonds. The molecule has 5 aromatic rings. The van der Waals surface area contributed by atoms with Crippen LogP contribution in [0.4, 0.5) is 17.1 Å². The van der Waals surface area contributed by atoms with Crippen molar-refractivity contribution in [1.29, 1.82) is 0 Å². The van der Waals surface area contributed by atoms with Gasteiger partial charge in [-0.15, -0.1) is 0 Å². The first-order valence-corrected chi connectivity index (χ1v) is 12.6. The first-order valence-electron chi connectivity index (χ1n) is 12.6. The second-order valence-electron chi connectivity index (χ2n) is 10.4. The van der Waals surface area contributed by atoms with Crippen molar-refractivity contribution in [3.05, 3.63) is 130 Å². The highest BCUT2D eigenvalue weighted by atomic mass is 15.2. The van der Waals surface area contributed by atoms with E-state index >= 15 is 0 Å². The molecule has 35 heavy (non-hydrogen) atoms. The second kappa shape index (κ2) is 6.28. The van der Waals surface area contributed by atoms with Gasteiger partial charge in [0.05, 0.1) is 11.4 Å². The van der Waals surface area contributed by atoms with E-state index in [0.717, 1.165) is 25.7 Å². The zero-order valence-corrected chi connectivity index (χ0v) is 19.3. The van der Waals surface area contributed by atoms with Crippen LogP contribution >= 0.6 is 0 Å². The van der Waals surface area contributed by atoms with Gasteiger partial charge in [-0.1, -0.05) is 60.7 Å². The van der Waals surface area contributed by atoms with E-state index < -0.39 is 0 Å². The Morgan fingerprint density at radius 3 is 2.29 bits per heavy atom. The maximum absolute atomic E-state index is 4.52. The molecule has 1 aromatic heterocycles. The fraction of sp³-hybridized carbons (Fsp3) is 0.121. The van der Waals surface area contributed by atoms with Crippen LogP contribution in [0.1, 0.15) is 44.5 Å². The lowest BCUT2D eigenvalue weighted by molar-refractivity contribution is 0.997. The molecule has 4 aromatic carbocycles. The molecule has 0 N–H and O–H groups in total. The molecule has 0 unspecified atom stereocenters. The molecule has 4 aliphatic rings. The van der Waals surface area contributed by atoms with Crippen LogP contribution in [0.5, 0.6) is 0 Å². The van der Waals surface area contributed by atoms with Gasteiger partial charge in [-0.2, -0.15) is 0 Å². The van der Waals surface area contributed by atoms with Gasteiger partial charge in [-0.05, 0) is 91.7 Å². The fourth-order valence-electron chi connectivity index (χ4n) is 7.25. The summed E-state index contributed by atoms with van der Waals surface area (Å²) >= 11 is 0. The van der Waals surface area contributed by atoms with E-state index in [2.05, 4.69) is 88.9 Å². The van der Waals surface area contributed by atoms with E-state index in [1.807, 2.05) is 6.20 Å². The summed E-state index contributed by atoms with van der Waals surface area (Å²) in [6.07, 6.45) is 8.04. The van der Waals surface area contributed by atoms with Crippen LogP contribution in [0, 0.1) is 0 Å².